The average molecular weight is 220 g/mol. The average Bonchev–Trinajstić information content (AvgIpc) is 2.19. The Labute approximate surface area is 91.1 Å². The molecule has 82 valence electrons. The third kappa shape index (κ3) is 3.06. The molecule has 1 N–H and O–H groups in total. The largest absolute Gasteiger partial charge is 0.481 e. The van der Waals surface area contributed by atoms with Gasteiger partial charge in [0.1, 0.15) is 12.1 Å². The van der Waals surface area contributed by atoms with Gasteiger partial charge in [-0.25, -0.2) is 0 Å². The summed E-state index contributed by atoms with van der Waals surface area (Å²) in [5.74, 6) is 3.84. The topological polar surface area (TPSA) is 93.3 Å². The van der Waals surface area contributed by atoms with Crippen LogP contribution in [-0.4, -0.2) is 21.0 Å². The molecule has 0 spiro atoms. The summed E-state index contributed by atoms with van der Waals surface area (Å²) in [6.45, 7) is 1.52. The number of aromatic nitrogens is 1. The van der Waals surface area contributed by atoms with E-state index in [4.69, 9.17) is 5.11 Å². The number of carboxylic acid groups (broad SMARTS) is 1. The van der Waals surface area contributed by atoms with E-state index in [-0.39, 0.29) is 12.1 Å². The van der Waals surface area contributed by atoms with Gasteiger partial charge in [0.2, 0.25) is 0 Å². The first-order valence-corrected chi connectivity index (χ1v) is 4.32. The highest BCUT2D eigenvalue weighted by Gasteiger charge is 2.11. The summed E-state index contributed by atoms with van der Waals surface area (Å²) < 4.78 is 0. The van der Waals surface area contributed by atoms with Crippen LogP contribution in [0.2, 0.25) is 0 Å². The van der Waals surface area contributed by atoms with Crippen molar-refractivity contribution in [1.82, 2.24) is 4.98 Å². The van der Waals surface area contributed by atoms with Crippen molar-refractivity contribution in [3.63, 3.8) is 0 Å². The number of carboxylic acids is 1. The molecule has 0 amide bonds. The Hall–Kier alpha value is -2.42. The number of hydrogen-bond acceptors (Lipinski definition) is 4. The van der Waals surface area contributed by atoms with Gasteiger partial charge in [0.05, 0.1) is 4.92 Å². The molecule has 0 atom stereocenters. The molecule has 0 aromatic carbocycles. The first-order chi connectivity index (χ1) is 7.50. The van der Waals surface area contributed by atoms with Gasteiger partial charge in [0, 0.05) is 17.8 Å². The number of rotatable bonds is 2. The number of nitrogens with zero attached hydrogens (tertiary/aromatic N) is 2. The monoisotopic (exact) mass is 220 g/mol. The Morgan fingerprint density at radius 1 is 1.69 bits per heavy atom. The van der Waals surface area contributed by atoms with Crippen LogP contribution in [0.4, 0.5) is 5.69 Å². The Kier molecular flexibility index (Phi) is 3.56. The fourth-order valence-corrected chi connectivity index (χ4v) is 0.997. The molecule has 1 aromatic rings. The van der Waals surface area contributed by atoms with Gasteiger partial charge in [-0.2, -0.15) is 0 Å². The van der Waals surface area contributed by atoms with Crippen molar-refractivity contribution >= 4 is 11.7 Å². The molecule has 1 aromatic heterocycles. The summed E-state index contributed by atoms with van der Waals surface area (Å²) in [6.07, 6.45) is 1.07. The van der Waals surface area contributed by atoms with E-state index >= 15 is 0 Å². The molecule has 1 heterocycles. The van der Waals surface area contributed by atoms with Gasteiger partial charge in [-0.3, -0.25) is 19.9 Å². The molecular formula is C10H8N2O4. The summed E-state index contributed by atoms with van der Waals surface area (Å²) in [7, 11) is 0. The summed E-state index contributed by atoms with van der Waals surface area (Å²) in [5, 5.41) is 18.9. The molecule has 16 heavy (non-hydrogen) atoms. The van der Waals surface area contributed by atoms with E-state index in [1.54, 1.807) is 0 Å². The van der Waals surface area contributed by atoms with Gasteiger partial charge in [0.25, 0.3) is 5.69 Å². The van der Waals surface area contributed by atoms with Crippen LogP contribution in [-0.2, 0) is 4.79 Å². The fraction of sp³-hybridized carbons (Fsp3) is 0.200. The zero-order chi connectivity index (χ0) is 12.1. The Morgan fingerprint density at radius 3 is 2.94 bits per heavy atom. The lowest BCUT2D eigenvalue weighted by Crippen LogP contribution is -1.95. The molecule has 0 saturated carbocycles. The highest BCUT2D eigenvalue weighted by molar-refractivity contribution is 5.70. The second kappa shape index (κ2) is 4.89. The molecule has 0 bridgehead atoms. The van der Waals surface area contributed by atoms with E-state index in [1.165, 1.54) is 19.2 Å². The lowest BCUT2D eigenvalue weighted by atomic mass is 10.2. The van der Waals surface area contributed by atoms with E-state index in [0.29, 0.717) is 11.3 Å². The van der Waals surface area contributed by atoms with Gasteiger partial charge in [-0.15, -0.1) is 0 Å². The summed E-state index contributed by atoms with van der Waals surface area (Å²) in [6, 6.07) is 1.27. The van der Waals surface area contributed by atoms with Crippen LogP contribution in [0.1, 0.15) is 17.7 Å². The first kappa shape index (κ1) is 11.7. The summed E-state index contributed by atoms with van der Waals surface area (Å²) in [5.41, 5.74) is 0.509. The number of nitro groups is 1. The van der Waals surface area contributed by atoms with Gasteiger partial charge in [-0.05, 0) is 6.92 Å². The van der Waals surface area contributed by atoms with Crippen molar-refractivity contribution in [2.45, 2.75) is 13.3 Å². The van der Waals surface area contributed by atoms with E-state index < -0.39 is 10.9 Å². The van der Waals surface area contributed by atoms with Crippen molar-refractivity contribution in [2.24, 2.45) is 0 Å². The maximum absolute atomic E-state index is 10.6. The fourth-order valence-electron chi connectivity index (χ4n) is 0.997. The van der Waals surface area contributed by atoms with Crippen LogP contribution in [0.3, 0.4) is 0 Å². The number of hydrogen-bond donors (Lipinski definition) is 1. The molecule has 0 saturated heterocycles. The lowest BCUT2D eigenvalue weighted by molar-refractivity contribution is -0.385. The predicted molar refractivity (Wildman–Crippen MR) is 54.8 cm³/mol. The Bertz CT molecular complexity index is 499. The van der Waals surface area contributed by atoms with Gasteiger partial charge < -0.3 is 5.11 Å². The Morgan fingerprint density at radius 2 is 2.38 bits per heavy atom. The minimum absolute atomic E-state index is 0.123. The standard InChI is InChI=1S/C10H8N2O4/c1-7-9(12(15)16)5-8(6-11-7)3-2-4-10(13)14/h5-6H,4H2,1H3,(H,13,14). The predicted octanol–water partition coefficient (Wildman–Crippen LogP) is 1.12. The minimum Gasteiger partial charge on any atom is -0.481 e. The normalized spacial score (nSPS) is 9.06. The van der Waals surface area contributed by atoms with Crippen LogP contribution in [0.5, 0.6) is 0 Å². The molecule has 0 radical (unpaired) electrons. The molecule has 6 heteroatoms. The van der Waals surface area contributed by atoms with Crippen LogP contribution in [0.25, 0.3) is 0 Å². The van der Waals surface area contributed by atoms with Crippen LogP contribution in [0.15, 0.2) is 12.3 Å². The molecule has 0 aliphatic rings. The van der Waals surface area contributed by atoms with E-state index in [0.717, 1.165) is 0 Å². The Balaban J connectivity index is 2.98. The number of aliphatic carboxylic acids is 1. The lowest BCUT2D eigenvalue weighted by Gasteiger charge is -1.95. The van der Waals surface area contributed by atoms with Gasteiger partial charge in [-0.1, -0.05) is 11.8 Å². The molecule has 6 nitrogen and oxygen atoms in total. The maximum atomic E-state index is 10.6. The first-order valence-electron chi connectivity index (χ1n) is 4.32. The van der Waals surface area contributed by atoms with Gasteiger partial charge >= 0.3 is 5.97 Å². The van der Waals surface area contributed by atoms with Crippen molar-refractivity contribution in [2.75, 3.05) is 0 Å². The number of pyridine rings is 1. The van der Waals surface area contributed by atoms with E-state index in [9.17, 15) is 14.9 Å². The van der Waals surface area contributed by atoms with Crippen LogP contribution >= 0.6 is 0 Å². The molecular weight excluding hydrogens is 212 g/mol. The van der Waals surface area contributed by atoms with Crippen LogP contribution in [0, 0.1) is 28.9 Å². The maximum Gasteiger partial charge on any atom is 0.315 e. The molecule has 1 rings (SSSR count). The van der Waals surface area contributed by atoms with E-state index in [2.05, 4.69) is 16.8 Å². The molecule has 0 fully saturated rings. The summed E-state index contributed by atoms with van der Waals surface area (Å²) in [4.78, 5) is 24.0. The summed E-state index contributed by atoms with van der Waals surface area (Å²) >= 11 is 0. The van der Waals surface area contributed by atoms with Crippen molar-refractivity contribution < 1.29 is 14.8 Å². The zero-order valence-corrected chi connectivity index (χ0v) is 8.43. The molecule has 0 unspecified atom stereocenters. The quantitative estimate of drug-likeness (QED) is 0.458. The number of aryl methyl sites for hydroxylation is 1. The highest BCUT2D eigenvalue weighted by Crippen LogP contribution is 2.15. The van der Waals surface area contributed by atoms with Crippen LogP contribution < -0.4 is 0 Å². The van der Waals surface area contributed by atoms with Gasteiger partial charge in [0.15, 0.2) is 0 Å². The number of carbonyl (C=O) groups is 1. The third-order valence-electron chi connectivity index (χ3n) is 1.73. The highest BCUT2D eigenvalue weighted by atomic mass is 16.6. The SMILES string of the molecule is Cc1ncc(C#CCC(=O)O)cc1[N+](=O)[O-]. The second-order valence-corrected chi connectivity index (χ2v) is 2.96. The second-order valence-electron chi connectivity index (χ2n) is 2.96. The van der Waals surface area contributed by atoms with E-state index in [1.807, 2.05) is 0 Å². The smallest absolute Gasteiger partial charge is 0.315 e. The molecule has 0 aliphatic carbocycles. The van der Waals surface area contributed by atoms with Crippen molar-refractivity contribution in [1.29, 1.82) is 0 Å². The third-order valence-corrected chi connectivity index (χ3v) is 1.73. The molecule has 0 aliphatic heterocycles. The zero-order valence-electron chi connectivity index (χ0n) is 8.43. The minimum atomic E-state index is -1.04. The van der Waals surface area contributed by atoms with Crippen molar-refractivity contribution in [3.8, 4) is 11.8 Å². The van der Waals surface area contributed by atoms with Crippen molar-refractivity contribution in [3.05, 3.63) is 33.6 Å².